The molecule has 0 aliphatic heterocycles. The summed E-state index contributed by atoms with van der Waals surface area (Å²) in [6.07, 6.45) is 84.2. The fourth-order valence-electron chi connectivity index (χ4n) is 25.9. The highest BCUT2D eigenvalue weighted by atomic mass is 32.2. The Balaban J connectivity index is 0.000000133. The lowest BCUT2D eigenvalue weighted by atomic mass is 9.86. The molecule has 0 heterocycles. The molecule has 0 N–H and O–H groups in total. The van der Waals surface area contributed by atoms with Crippen molar-refractivity contribution in [3.05, 3.63) is 360 Å². The second kappa shape index (κ2) is 60.6. The van der Waals surface area contributed by atoms with E-state index in [4.69, 9.17) is 0 Å². The molecule has 8 fully saturated rings. The Bertz CT molecular complexity index is 5220. The lowest BCUT2D eigenvalue weighted by Gasteiger charge is -2.21. The molecule has 0 amide bonds. The van der Waals surface area contributed by atoms with Crippen LogP contribution in [0.3, 0.4) is 0 Å². The molecule has 0 saturated heterocycles. The van der Waals surface area contributed by atoms with Gasteiger partial charge in [-0.25, -0.2) is 0 Å². The summed E-state index contributed by atoms with van der Waals surface area (Å²) < 4.78 is 0. The molecule has 8 aliphatic carbocycles. The SMILES string of the molecule is c1cc([S+](c2ccc(C3CCCCCCC3)cc2)c2ccc(C3CCCCCC3)cc2)ccc1C1CCCCCCC1.c1ccc([S+](c2ccc(C3CCCCCCC3)cc2)c2ccc(C3CCCCCC3)cc2)cc1.c1ccc([S+](c2ccc(C3CCCCCCCCC3)cc2)c2ccc(C3CCCCCCCCC3)cc2)cc1.c1ccc([S+](c2ccccc2)c2ccc(C3CCCCCCCCC3)cc2)cc1. The predicted octanol–water partition coefficient (Wildman–Crippen LogP) is 43.3. The summed E-state index contributed by atoms with van der Waals surface area (Å²) in [5.41, 5.74) is 12.5. The Labute approximate surface area is 887 Å². The molecule has 4 heteroatoms. The zero-order chi connectivity index (χ0) is 97.7. The number of hydrogen-bond donors (Lipinski definition) is 0. The first-order valence-electron chi connectivity index (χ1n) is 59.5. The van der Waals surface area contributed by atoms with Crippen LogP contribution in [0.1, 0.15) is 477 Å². The summed E-state index contributed by atoms with van der Waals surface area (Å²) in [4.78, 5) is 17.3. The molecule has 760 valence electrons. The van der Waals surface area contributed by atoms with Crippen LogP contribution >= 0.6 is 0 Å². The monoisotopic (exact) mass is 1990 g/mol. The average molecular weight is 1990 g/mol. The van der Waals surface area contributed by atoms with E-state index in [2.05, 4.69) is 315 Å². The summed E-state index contributed by atoms with van der Waals surface area (Å²) in [7, 11) is -0.223. The molecule has 0 spiro atoms. The van der Waals surface area contributed by atoms with Gasteiger partial charge >= 0.3 is 0 Å². The number of benzene rings is 12. The molecule has 0 bridgehead atoms. The van der Waals surface area contributed by atoms with Gasteiger partial charge in [0.05, 0.1) is 43.6 Å². The van der Waals surface area contributed by atoms with E-state index in [1.807, 2.05) is 0 Å². The lowest BCUT2D eigenvalue weighted by Crippen LogP contribution is -2.08. The standard InChI is InChI=1S/C41H55S.C38H51S.C33H41S.C28H33S/c1-3-9-15-33(16-10-4-1)36-21-27-39(28-22-36)42(41-31-25-38(26-32-41)35-19-13-7-8-14-20-35)40-29-23-37(24-30-40)34-17-11-5-2-6-12-18-34;1-3-7-12-18-32(19-13-8-4-1)34-24-28-37(29-25-34)39(36-22-16-11-17-23-36)38-30-26-35(27-31-38)33-20-14-9-5-2-6-10-15-21-33;1-2-7-13-27(14-8-3-1)29-19-23-32(24-20-29)34(31-17-11-6-12-18-31)33-25-21-30(22-26-33)28-15-9-4-5-10-16-28;1-2-4-8-14-24(15-9-5-3-1)25-20-22-28(23-21-25)29(26-16-10-6-11-17-26)27-18-12-7-13-19-27/h21-35H,1-20H2;11,16-17,22-33H,1-10,12-15,18-21H2;6,11-12,17-28H,1-5,7-10,13-16H2;6-7,10-13,16-24H,1-5,8-9,14-15H2/q4*+1. The molecule has 144 heavy (non-hydrogen) atoms. The minimum Gasteiger partial charge on any atom is -0.0619 e. The highest BCUT2D eigenvalue weighted by Gasteiger charge is 2.36. The van der Waals surface area contributed by atoms with Gasteiger partial charge in [0.15, 0.2) is 58.7 Å². The highest BCUT2D eigenvalue weighted by molar-refractivity contribution is 7.98. The van der Waals surface area contributed by atoms with Crippen LogP contribution in [0.4, 0.5) is 0 Å². The molecule has 1 unspecified atom stereocenters. The van der Waals surface area contributed by atoms with Crippen molar-refractivity contribution >= 4 is 43.6 Å². The van der Waals surface area contributed by atoms with Gasteiger partial charge in [-0.05, 0) is 340 Å². The second-order valence-corrected chi connectivity index (χ2v) is 52.9. The summed E-state index contributed by atoms with van der Waals surface area (Å²) in [6.45, 7) is 0. The summed E-state index contributed by atoms with van der Waals surface area (Å²) in [5, 5.41) is 0. The normalized spacial score (nSPS) is 19.3. The summed E-state index contributed by atoms with van der Waals surface area (Å²) >= 11 is 0. The van der Waals surface area contributed by atoms with Gasteiger partial charge in [-0.3, -0.25) is 0 Å². The van der Waals surface area contributed by atoms with Gasteiger partial charge in [0.1, 0.15) is 0 Å². The number of hydrogen-bond acceptors (Lipinski definition) is 0. The minimum absolute atomic E-state index is 0.0391. The molecule has 12 aromatic carbocycles. The molecule has 0 nitrogen and oxygen atoms in total. The molecule has 1 atom stereocenters. The fraction of sp³-hybridized carbons (Fsp3) is 0.486. The first-order chi connectivity index (χ1) is 71.5. The first-order valence-corrected chi connectivity index (χ1v) is 64.4. The van der Waals surface area contributed by atoms with Crippen molar-refractivity contribution in [1.82, 2.24) is 0 Å². The van der Waals surface area contributed by atoms with Crippen molar-refractivity contribution in [2.45, 2.75) is 491 Å². The molecular weight excluding hydrogens is 1810 g/mol. The van der Waals surface area contributed by atoms with Gasteiger partial charge in [-0.1, -0.05) is 452 Å². The molecular formula is C140H180S4+4. The third-order valence-corrected chi connectivity index (χ3v) is 43.4. The van der Waals surface area contributed by atoms with Crippen LogP contribution in [-0.4, -0.2) is 0 Å². The zero-order valence-electron chi connectivity index (χ0n) is 88.7. The van der Waals surface area contributed by atoms with Crippen molar-refractivity contribution < 1.29 is 0 Å². The fourth-order valence-corrected chi connectivity index (χ4v) is 34.1. The minimum atomic E-state index is -0.0701. The Morgan fingerprint density at radius 3 is 0.271 bits per heavy atom. The van der Waals surface area contributed by atoms with E-state index in [1.165, 1.54) is 444 Å². The maximum atomic E-state index is 2.49. The van der Waals surface area contributed by atoms with E-state index in [1.54, 1.807) is 44.5 Å². The van der Waals surface area contributed by atoms with Crippen LogP contribution in [0.5, 0.6) is 0 Å². The quantitative estimate of drug-likeness (QED) is 0.0527. The maximum Gasteiger partial charge on any atom is 0.166 e. The van der Waals surface area contributed by atoms with Crippen molar-refractivity contribution in [2.75, 3.05) is 0 Å². The second-order valence-electron chi connectivity index (χ2n) is 44.8. The zero-order valence-corrected chi connectivity index (χ0v) is 92.0. The van der Waals surface area contributed by atoms with Crippen LogP contribution in [0.25, 0.3) is 0 Å². The molecule has 20 rings (SSSR count). The molecule has 12 aromatic rings. The van der Waals surface area contributed by atoms with Crippen LogP contribution in [0, 0.1) is 0 Å². The van der Waals surface area contributed by atoms with E-state index in [0.717, 1.165) is 47.3 Å². The number of rotatable bonds is 20. The maximum absolute atomic E-state index is 2.49. The van der Waals surface area contributed by atoms with Gasteiger partial charge < -0.3 is 0 Å². The Kier molecular flexibility index (Phi) is 45.2. The highest BCUT2D eigenvalue weighted by Crippen LogP contribution is 2.46. The molecule has 0 radical (unpaired) electrons. The molecule has 0 aromatic heterocycles. The Hall–Kier alpha value is -7.96. The van der Waals surface area contributed by atoms with E-state index in [0.29, 0.717) is 0 Å². The third-order valence-electron chi connectivity index (χ3n) is 34.5. The van der Waals surface area contributed by atoms with Gasteiger partial charge in [-0.15, -0.1) is 0 Å². The molecule has 8 saturated carbocycles. The van der Waals surface area contributed by atoms with Crippen molar-refractivity contribution in [1.29, 1.82) is 0 Å². The summed E-state index contributed by atoms with van der Waals surface area (Å²) in [5.74, 6) is 6.02. The summed E-state index contributed by atoms with van der Waals surface area (Å²) in [6, 6.07) is 123. The Morgan fingerprint density at radius 1 is 0.0903 bits per heavy atom. The van der Waals surface area contributed by atoms with Gasteiger partial charge in [-0.2, -0.15) is 0 Å². The Morgan fingerprint density at radius 2 is 0.174 bits per heavy atom. The smallest absolute Gasteiger partial charge is 0.0619 e. The first kappa shape index (κ1) is 107. The van der Waals surface area contributed by atoms with Crippen molar-refractivity contribution in [3.63, 3.8) is 0 Å². The van der Waals surface area contributed by atoms with Gasteiger partial charge in [0.25, 0.3) is 0 Å². The third kappa shape index (κ3) is 33.0. The average Bonchev–Trinajstić information content (AvgIpc) is 0.840. The van der Waals surface area contributed by atoms with Gasteiger partial charge in [0, 0.05) is 0 Å². The van der Waals surface area contributed by atoms with E-state index >= 15 is 0 Å². The largest absolute Gasteiger partial charge is 0.166 e. The van der Waals surface area contributed by atoms with Crippen molar-refractivity contribution in [3.8, 4) is 0 Å². The molecule has 8 aliphatic rings. The van der Waals surface area contributed by atoms with Crippen LogP contribution in [0.2, 0.25) is 0 Å². The van der Waals surface area contributed by atoms with E-state index in [-0.39, 0.29) is 43.6 Å². The van der Waals surface area contributed by atoms with Crippen LogP contribution in [0.15, 0.2) is 374 Å². The van der Waals surface area contributed by atoms with Crippen molar-refractivity contribution in [2.24, 2.45) is 0 Å². The topological polar surface area (TPSA) is 0 Å². The van der Waals surface area contributed by atoms with E-state index < -0.39 is 0 Å². The lowest BCUT2D eigenvalue weighted by molar-refractivity contribution is 0.455. The van der Waals surface area contributed by atoms with Gasteiger partial charge in [0.2, 0.25) is 0 Å². The van der Waals surface area contributed by atoms with Crippen LogP contribution < -0.4 is 0 Å². The van der Waals surface area contributed by atoms with Crippen LogP contribution in [-0.2, 0) is 43.6 Å². The predicted molar refractivity (Wildman–Crippen MR) is 625 cm³/mol. The van der Waals surface area contributed by atoms with E-state index in [9.17, 15) is 0 Å².